The first kappa shape index (κ1) is 13.7. The van der Waals surface area contributed by atoms with Crippen molar-refractivity contribution in [3.8, 4) is 0 Å². The zero-order valence-electron chi connectivity index (χ0n) is 7.63. The first-order valence-corrected chi connectivity index (χ1v) is 4.64. The monoisotopic (exact) mass is 320 g/mol. The van der Waals surface area contributed by atoms with Crippen molar-refractivity contribution in [2.24, 2.45) is 0 Å². The van der Waals surface area contributed by atoms with Crippen molar-refractivity contribution in [2.45, 2.75) is 12.6 Å². The molecule has 94 valence electrons. The topological polar surface area (TPSA) is 56.0 Å². The zero-order chi connectivity index (χ0) is 13.4. The van der Waals surface area contributed by atoms with Gasteiger partial charge in [0.25, 0.3) is 0 Å². The minimum absolute atomic E-state index is 0.425. The molecule has 1 aromatic rings. The molecule has 17 heavy (non-hydrogen) atoms. The number of rotatable bonds is 2. The summed E-state index contributed by atoms with van der Waals surface area (Å²) < 4.78 is 61.2. The normalized spacial score (nSPS) is 11.9. The third-order valence-corrected chi connectivity index (χ3v) is 2.29. The van der Waals surface area contributed by atoms with Crippen LogP contribution in [0.1, 0.15) is 17.7 Å². The number of alkyl halides is 5. The van der Waals surface area contributed by atoms with E-state index in [1.807, 2.05) is 0 Å². The lowest BCUT2D eigenvalue weighted by molar-refractivity contribution is -0.389. The van der Waals surface area contributed by atoms with Crippen molar-refractivity contribution >= 4 is 21.7 Å². The molecule has 0 spiro atoms. The molecule has 1 heterocycles. The second-order valence-corrected chi connectivity index (χ2v) is 3.63. The number of hydrogen-bond acceptors (Lipinski definition) is 3. The summed E-state index contributed by atoms with van der Waals surface area (Å²) in [5, 5.41) is 10.3. The van der Waals surface area contributed by atoms with Gasteiger partial charge in [0, 0.05) is 4.47 Å². The van der Waals surface area contributed by atoms with Gasteiger partial charge in [0.15, 0.2) is 0 Å². The van der Waals surface area contributed by atoms with Crippen LogP contribution in [-0.4, -0.2) is 9.91 Å². The third kappa shape index (κ3) is 2.87. The molecule has 0 aliphatic heterocycles. The molecule has 1 aromatic heterocycles. The number of aromatic nitrogens is 1. The fraction of sp³-hybridized carbons (Fsp3) is 0.286. The Hall–Kier alpha value is -1.32. The highest BCUT2D eigenvalue weighted by Gasteiger charge is 2.42. The Labute approximate surface area is 98.7 Å². The first-order valence-electron chi connectivity index (χ1n) is 3.84. The average molecular weight is 321 g/mol. The second-order valence-electron chi connectivity index (χ2n) is 2.78. The van der Waals surface area contributed by atoms with Gasteiger partial charge in [-0.2, -0.15) is 13.2 Å². The van der Waals surface area contributed by atoms with Gasteiger partial charge >= 0.3 is 18.4 Å². The van der Waals surface area contributed by atoms with Crippen LogP contribution < -0.4 is 0 Å². The standard InChI is InChI=1S/C7H2BrF5N2O2/c8-2-1-3(15(16)17)14-5(6(9)10)4(2)7(11,12)13/h1,6H. The van der Waals surface area contributed by atoms with Crippen LogP contribution in [0.2, 0.25) is 0 Å². The Morgan fingerprint density at radius 3 is 2.29 bits per heavy atom. The number of nitrogens with zero attached hydrogens (tertiary/aromatic N) is 2. The lowest BCUT2D eigenvalue weighted by atomic mass is 10.2. The Balaban J connectivity index is 3.55. The summed E-state index contributed by atoms with van der Waals surface area (Å²) in [7, 11) is 0. The first-order chi connectivity index (χ1) is 7.64. The summed E-state index contributed by atoms with van der Waals surface area (Å²) in [6.45, 7) is 0. The minimum atomic E-state index is -5.08. The molecule has 0 bridgehead atoms. The summed E-state index contributed by atoms with van der Waals surface area (Å²) in [4.78, 5) is 11.8. The van der Waals surface area contributed by atoms with Gasteiger partial charge in [-0.3, -0.25) is 0 Å². The minimum Gasteiger partial charge on any atom is -0.358 e. The van der Waals surface area contributed by atoms with E-state index in [0.29, 0.717) is 6.07 Å². The highest BCUT2D eigenvalue weighted by Crippen LogP contribution is 2.41. The molecule has 0 aliphatic rings. The van der Waals surface area contributed by atoms with Crippen LogP contribution in [0.4, 0.5) is 27.8 Å². The summed E-state index contributed by atoms with van der Waals surface area (Å²) in [5.74, 6) is -1.08. The molecule has 0 aliphatic carbocycles. The summed E-state index contributed by atoms with van der Waals surface area (Å²) >= 11 is 2.37. The molecule has 1 rings (SSSR count). The summed E-state index contributed by atoms with van der Waals surface area (Å²) in [6.07, 6.45) is -8.64. The van der Waals surface area contributed by atoms with Crippen molar-refractivity contribution in [1.29, 1.82) is 0 Å². The van der Waals surface area contributed by atoms with E-state index in [9.17, 15) is 32.1 Å². The molecule has 0 amide bonds. The second kappa shape index (κ2) is 4.51. The Kier molecular flexibility index (Phi) is 3.65. The predicted molar refractivity (Wildman–Crippen MR) is 48.6 cm³/mol. The molecule has 0 aromatic carbocycles. The van der Waals surface area contributed by atoms with Crippen molar-refractivity contribution < 1.29 is 26.9 Å². The lowest BCUT2D eigenvalue weighted by Gasteiger charge is -2.10. The quantitative estimate of drug-likeness (QED) is 0.474. The van der Waals surface area contributed by atoms with Crippen LogP contribution >= 0.6 is 15.9 Å². The maximum Gasteiger partial charge on any atom is 0.421 e. The predicted octanol–water partition coefficient (Wildman–Crippen LogP) is 3.71. The Morgan fingerprint density at radius 2 is 1.94 bits per heavy atom. The van der Waals surface area contributed by atoms with Gasteiger partial charge < -0.3 is 10.1 Å². The highest BCUT2D eigenvalue weighted by molar-refractivity contribution is 9.10. The molecule has 0 atom stereocenters. The van der Waals surface area contributed by atoms with Gasteiger partial charge in [-0.25, -0.2) is 8.78 Å². The number of nitro groups is 1. The zero-order valence-corrected chi connectivity index (χ0v) is 9.22. The van der Waals surface area contributed by atoms with E-state index in [4.69, 9.17) is 0 Å². The highest BCUT2D eigenvalue weighted by atomic mass is 79.9. The van der Waals surface area contributed by atoms with Gasteiger partial charge in [-0.05, 0) is 25.8 Å². The molecule has 0 saturated carbocycles. The van der Waals surface area contributed by atoms with Gasteiger partial charge in [-0.15, -0.1) is 0 Å². The summed E-state index contributed by atoms with van der Waals surface area (Å²) in [5.41, 5.74) is -3.38. The van der Waals surface area contributed by atoms with Crippen LogP contribution in [0.5, 0.6) is 0 Å². The van der Waals surface area contributed by atoms with Crippen LogP contribution in [0.25, 0.3) is 0 Å². The molecular weight excluding hydrogens is 319 g/mol. The third-order valence-electron chi connectivity index (χ3n) is 1.66. The maximum absolute atomic E-state index is 12.4. The van der Waals surface area contributed by atoms with Crippen LogP contribution in [-0.2, 0) is 6.18 Å². The molecule has 0 unspecified atom stereocenters. The van der Waals surface area contributed by atoms with Crippen LogP contribution in [0.15, 0.2) is 10.5 Å². The van der Waals surface area contributed by atoms with Gasteiger partial charge in [-0.1, -0.05) is 0 Å². The maximum atomic E-state index is 12.4. The smallest absolute Gasteiger partial charge is 0.358 e. The number of pyridine rings is 1. The van der Waals surface area contributed by atoms with Crippen molar-refractivity contribution in [3.63, 3.8) is 0 Å². The van der Waals surface area contributed by atoms with Gasteiger partial charge in [0.05, 0.1) is 6.07 Å². The summed E-state index contributed by atoms with van der Waals surface area (Å²) in [6, 6.07) is 0.425. The van der Waals surface area contributed by atoms with Crippen molar-refractivity contribution in [3.05, 3.63) is 31.9 Å². The molecule has 0 radical (unpaired) electrons. The van der Waals surface area contributed by atoms with Crippen LogP contribution in [0, 0.1) is 10.1 Å². The van der Waals surface area contributed by atoms with E-state index in [1.165, 1.54) is 0 Å². The van der Waals surface area contributed by atoms with E-state index in [-0.39, 0.29) is 0 Å². The van der Waals surface area contributed by atoms with E-state index < -0.39 is 39.1 Å². The fourth-order valence-electron chi connectivity index (χ4n) is 1.05. The van der Waals surface area contributed by atoms with E-state index in [0.717, 1.165) is 0 Å². The Morgan fingerprint density at radius 1 is 1.41 bits per heavy atom. The Bertz CT molecular complexity index is 462. The largest absolute Gasteiger partial charge is 0.421 e. The molecule has 0 fully saturated rings. The molecule has 0 N–H and O–H groups in total. The molecule has 4 nitrogen and oxygen atoms in total. The van der Waals surface area contributed by atoms with Gasteiger partial charge in [0.2, 0.25) is 5.69 Å². The lowest BCUT2D eigenvalue weighted by Crippen LogP contribution is -2.13. The van der Waals surface area contributed by atoms with Crippen LogP contribution in [0.3, 0.4) is 0 Å². The van der Waals surface area contributed by atoms with E-state index in [1.54, 1.807) is 0 Å². The molecule has 0 saturated heterocycles. The van der Waals surface area contributed by atoms with Crippen molar-refractivity contribution in [2.75, 3.05) is 0 Å². The average Bonchev–Trinajstić information content (AvgIpc) is 2.13. The SMILES string of the molecule is O=[N+]([O-])c1cc(Br)c(C(F)(F)F)c(C(F)F)n1. The van der Waals surface area contributed by atoms with E-state index in [2.05, 4.69) is 20.9 Å². The number of halogens is 6. The molecular formula is C7H2BrF5N2O2. The fourth-order valence-corrected chi connectivity index (χ4v) is 1.68. The number of hydrogen-bond donors (Lipinski definition) is 0. The van der Waals surface area contributed by atoms with Gasteiger partial charge in [0.1, 0.15) is 5.56 Å². The van der Waals surface area contributed by atoms with E-state index >= 15 is 0 Å². The molecule has 10 heteroatoms. The van der Waals surface area contributed by atoms with Crippen molar-refractivity contribution in [1.82, 2.24) is 4.98 Å².